The van der Waals surface area contributed by atoms with Crippen LogP contribution in [0.2, 0.25) is 0 Å². The van der Waals surface area contributed by atoms with E-state index in [2.05, 4.69) is 4.98 Å². The Morgan fingerprint density at radius 3 is 2.84 bits per heavy atom. The first kappa shape index (κ1) is 13.2. The van der Waals surface area contributed by atoms with Crippen LogP contribution in [0.3, 0.4) is 0 Å². The Balaban J connectivity index is 2.20. The summed E-state index contributed by atoms with van der Waals surface area (Å²) >= 11 is 1.58. The maximum absolute atomic E-state index is 8.66. The van der Waals surface area contributed by atoms with Gasteiger partial charge in [0.1, 0.15) is 12.4 Å². The molecule has 1 heterocycles. The Hall–Kier alpha value is -2.19. The zero-order valence-electron chi connectivity index (χ0n) is 10.4. The average Bonchev–Trinajstić information content (AvgIpc) is 2.47. The predicted octanol–water partition coefficient (Wildman–Crippen LogP) is 3.24. The van der Waals surface area contributed by atoms with E-state index in [1.165, 1.54) is 0 Å². The monoisotopic (exact) mass is 272 g/mol. The third-order valence-electron chi connectivity index (χ3n) is 2.47. The lowest BCUT2D eigenvalue weighted by Gasteiger charge is -2.11. The lowest BCUT2D eigenvalue weighted by Crippen LogP contribution is -2.01. The highest BCUT2D eigenvalue weighted by molar-refractivity contribution is 7.98. The SMILES string of the molecule is CSc1cccc(OC#N)c1COc1ccccn1. The van der Waals surface area contributed by atoms with Crippen molar-refractivity contribution in [3.05, 3.63) is 48.2 Å². The molecule has 0 saturated carbocycles. The molecule has 0 saturated heterocycles. The maximum atomic E-state index is 8.66. The molecule has 4 nitrogen and oxygen atoms in total. The van der Waals surface area contributed by atoms with E-state index in [1.54, 1.807) is 36.3 Å². The number of benzene rings is 1. The molecule has 0 fully saturated rings. The highest BCUT2D eigenvalue weighted by atomic mass is 32.2. The second-order valence-corrected chi connectivity index (χ2v) is 4.44. The molecule has 19 heavy (non-hydrogen) atoms. The summed E-state index contributed by atoms with van der Waals surface area (Å²) in [6.45, 7) is 0.311. The van der Waals surface area contributed by atoms with Crippen molar-refractivity contribution in [1.82, 2.24) is 4.98 Å². The molecule has 2 rings (SSSR count). The van der Waals surface area contributed by atoms with Crippen LogP contribution in [-0.2, 0) is 6.61 Å². The van der Waals surface area contributed by atoms with Gasteiger partial charge in [-0.05, 0) is 24.5 Å². The Labute approximate surface area is 116 Å². The molecule has 0 atom stereocenters. The van der Waals surface area contributed by atoms with Crippen LogP contribution in [0, 0.1) is 11.5 Å². The number of rotatable bonds is 5. The fourth-order valence-electron chi connectivity index (χ4n) is 1.60. The number of thioether (sulfide) groups is 1. The van der Waals surface area contributed by atoms with Crippen molar-refractivity contribution in [2.75, 3.05) is 6.26 Å². The van der Waals surface area contributed by atoms with Gasteiger partial charge in [-0.3, -0.25) is 0 Å². The van der Waals surface area contributed by atoms with Crippen molar-refractivity contribution in [3.8, 4) is 17.9 Å². The maximum Gasteiger partial charge on any atom is 0.292 e. The van der Waals surface area contributed by atoms with Crippen LogP contribution in [0.1, 0.15) is 5.56 Å². The Morgan fingerprint density at radius 1 is 1.26 bits per heavy atom. The fraction of sp³-hybridized carbons (Fsp3) is 0.143. The van der Waals surface area contributed by atoms with E-state index in [9.17, 15) is 0 Å². The van der Waals surface area contributed by atoms with Crippen LogP contribution < -0.4 is 9.47 Å². The van der Waals surface area contributed by atoms with Gasteiger partial charge in [0.25, 0.3) is 6.26 Å². The number of ether oxygens (including phenoxy) is 2. The Kier molecular flexibility index (Phi) is 4.65. The second kappa shape index (κ2) is 6.66. The molecule has 0 unspecified atom stereocenters. The van der Waals surface area contributed by atoms with Gasteiger partial charge < -0.3 is 9.47 Å². The summed E-state index contributed by atoms with van der Waals surface area (Å²) in [5, 5.41) is 8.66. The molecular formula is C14H12N2O2S. The van der Waals surface area contributed by atoms with Crippen molar-refractivity contribution >= 4 is 11.8 Å². The molecule has 0 N–H and O–H groups in total. The first-order valence-electron chi connectivity index (χ1n) is 5.61. The van der Waals surface area contributed by atoms with Crippen LogP contribution >= 0.6 is 11.8 Å². The molecule has 2 aromatic rings. The van der Waals surface area contributed by atoms with Crippen molar-refractivity contribution in [2.45, 2.75) is 11.5 Å². The summed E-state index contributed by atoms with van der Waals surface area (Å²) in [6.07, 6.45) is 5.33. The summed E-state index contributed by atoms with van der Waals surface area (Å²) in [4.78, 5) is 5.11. The van der Waals surface area contributed by atoms with Gasteiger partial charge in [-0.25, -0.2) is 4.98 Å². The van der Waals surface area contributed by atoms with Gasteiger partial charge in [-0.15, -0.1) is 17.0 Å². The van der Waals surface area contributed by atoms with Gasteiger partial charge in [-0.2, -0.15) is 0 Å². The molecule has 1 aromatic heterocycles. The van der Waals surface area contributed by atoms with E-state index >= 15 is 0 Å². The molecule has 5 heteroatoms. The highest BCUT2D eigenvalue weighted by Crippen LogP contribution is 2.29. The normalized spacial score (nSPS) is 9.68. The van der Waals surface area contributed by atoms with Gasteiger partial charge >= 0.3 is 0 Å². The van der Waals surface area contributed by atoms with E-state index < -0.39 is 0 Å². The lowest BCUT2D eigenvalue weighted by molar-refractivity contribution is 0.286. The largest absolute Gasteiger partial charge is 0.473 e. The zero-order valence-corrected chi connectivity index (χ0v) is 11.2. The van der Waals surface area contributed by atoms with E-state index in [-0.39, 0.29) is 0 Å². The number of pyridine rings is 1. The van der Waals surface area contributed by atoms with Gasteiger partial charge in [0.2, 0.25) is 5.88 Å². The van der Waals surface area contributed by atoms with Gasteiger partial charge in [0.05, 0.1) is 0 Å². The number of nitrogens with zero attached hydrogens (tertiary/aromatic N) is 2. The minimum absolute atomic E-state index is 0.311. The third kappa shape index (κ3) is 3.39. The van der Waals surface area contributed by atoms with Crippen LogP contribution in [0.4, 0.5) is 0 Å². The van der Waals surface area contributed by atoms with Crippen LogP contribution in [0.15, 0.2) is 47.5 Å². The molecular weight excluding hydrogens is 260 g/mol. The van der Waals surface area contributed by atoms with Gasteiger partial charge in [0.15, 0.2) is 0 Å². The van der Waals surface area contributed by atoms with Crippen molar-refractivity contribution in [3.63, 3.8) is 0 Å². The van der Waals surface area contributed by atoms with Crippen LogP contribution in [0.5, 0.6) is 11.6 Å². The average molecular weight is 272 g/mol. The van der Waals surface area contributed by atoms with E-state index in [0.29, 0.717) is 18.2 Å². The van der Waals surface area contributed by atoms with E-state index in [4.69, 9.17) is 14.7 Å². The molecule has 0 aliphatic carbocycles. The Bertz CT molecular complexity index is 582. The molecule has 96 valence electrons. The number of hydrogen-bond donors (Lipinski definition) is 0. The number of aromatic nitrogens is 1. The Morgan fingerprint density at radius 2 is 2.16 bits per heavy atom. The zero-order chi connectivity index (χ0) is 13.5. The quantitative estimate of drug-likeness (QED) is 0.617. The van der Waals surface area contributed by atoms with Crippen molar-refractivity contribution in [2.24, 2.45) is 0 Å². The molecule has 0 spiro atoms. The number of hydrogen-bond acceptors (Lipinski definition) is 5. The summed E-state index contributed by atoms with van der Waals surface area (Å²) in [7, 11) is 0. The number of nitriles is 1. The van der Waals surface area contributed by atoms with E-state index in [0.717, 1.165) is 10.5 Å². The lowest BCUT2D eigenvalue weighted by atomic mass is 10.2. The summed E-state index contributed by atoms with van der Waals surface area (Å²) in [6, 6.07) is 11.0. The third-order valence-corrected chi connectivity index (χ3v) is 3.29. The molecule has 0 radical (unpaired) electrons. The first-order chi connectivity index (χ1) is 9.35. The van der Waals surface area contributed by atoms with E-state index in [1.807, 2.05) is 30.5 Å². The highest BCUT2D eigenvalue weighted by Gasteiger charge is 2.10. The smallest absolute Gasteiger partial charge is 0.292 e. The molecule has 0 aliphatic rings. The summed E-state index contributed by atoms with van der Waals surface area (Å²) < 4.78 is 10.6. The predicted molar refractivity (Wildman–Crippen MR) is 73.0 cm³/mol. The van der Waals surface area contributed by atoms with Gasteiger partial charge in [-0.1, -0.05) is 12.1 Å². The fourth-order valence-corrected chi connectivity index (χ4v) is 2.22. The minimum Gasteiger partial charge on any atom is -0.473 e. The van der Waals surface area contributed by atoms with Gasteiger partial charge in [0, 0.05) is 22.7 Å². The first-order valence-corrected chi connectivity index (χ1v) is 6.83. The van der Waals surface area contributed by atoms with Crippen molar-refractivity contribution < 1.29 is 9.47 Å². The summed E-state index contributed by atoms with van der Waals surface area (Å²) in [5.41, 5.74) is 0.849. The molecule has 1 aromatic carbocycles. The van der Waals surface area contributed by atoms with Crippen molar-refractivity contribution in [1.29, 1.82) is 5.26 Å². The standard InChI is InChI=1S/C14H12N2O2S/c1-19-13-6-4-5-12(18-10-15)11(13)9-17-14-7-2-3-8-16-14/h2-8H,9H2,1H3. The molecule has 0 bridgehead atoms. The second-order valence-electron chi connectivity index (χ2n) is 3.59. The summed E-state index contributed by atoms with van der Waals surface area (Å²) in [5.74, 6) is 1.06. The molecule has 0 amide bonds. The van der Waals surface area contributed by atoms with Crippen LogP contribution in [-0.4, -0.2) is 11.2 Å². The minimum atomic E-state index is 0.311. The van der Waals surface area contributed by atoms with Crippen LogP contribution in [0.25, 0.3) is 0 Å². The molecule has 0 aliphatic heterocycles. The topological polar surface area (TPSA) is 55.1 Å².